The summed E-state index contributed by atoms with van der Waals surface area (Å²) in [7, 11) is -3.75. The Morgan fingerprint density at radius 1 is 0.962 bits per heavy atom. The summed E-state index contributed by atoms with van der Waals surface area (Å²) in [4.78, 5) is 12.7. The Morgan fingerprint density at radius 2 is 1.62 bits per heavy atom. The third kappa shape index (κ3) is 3.42. The molecule has 2 aromatic rings. The van der Waals surface area contributed by atoms with E-state index < -0.39 is 14.9 Å². The van der Waals surface area contributed by atoms with Gasteiger partial charge in [-0.2, -0.15) is 4.31 Å². The molecule has 1 heterocycles. The van der Waals surface area contributed by atoms with Crippen molar-refractivity contribution in [3.05, 3.63) is 63.7 Å². The predicted molar refractivity (Wildman–Crippen MR) is 100.0 cm³/mol. The molecule has 8 heteroatoms. The van der Waals surface area contributed by atoms with Crippen LogP contribution < -0.4 is 4.90 Å². The molecule has 0 N–H and O–H groups in total. The Labute approximate surface area is 153 Å². The molecule has 0 amide bonds. The highest BCUT2D eigenvalue weighted by Crippen LogP contribution is 2.26. The van der Waals surface area contributed by atoms with Gasteiger partial charge in [-0.15, -0.1) is 0 Å². The van der Waals surface area contributed by atoms with Crippen molar-refractivity contribution in [2.75, 3.05) is 31.1 Å². The third-order valence-corrected chi connectivity index (χ3v) is 6.60. The van der Waals surface area contributed by atoms with Crippen LogP contribution in [-0.4, -0.2) is 43.8 Å². The van der Waals surface area contributed by atoms with Crippen LogP contribution in [0.15, 0.2) is 47.4 Å². The fraction of sp³-hybridized carbons (Fsp3) is 0.333. The van der Waals surface area contributed by atoms with Crippen LogP contribution in [0.1, 0.15) is 11.1 Å². The highest BCUT2D eigenvalue weighted by Gasteiger charge is 2.30. The molecule has 1 aliphatic rings. The molecule has 0 aliphatic carbocycles. The number of nitro groups is 1. The molecule has 0 atom stereocenters. The zero-order chi connectivity index (χ0) is 18.9. The van der Waals surface area contributed by atoms with E-state index in [4.69, 9.17) is 0 Å². The number of hydrogen-bond donors (Lipinski definition) is 0. The maximum atomic E-state index is 12.9. The van der Waals surface area contributed by atoms with Gasteiger partial charge < -0.3 is 4.90 Å². The van der Waals surface area contributed by atoms with Gasteiger partial charge in [0.25, 0.3) is 5.69 Å². The fourth-order valence-electron chi connectivity index (χ4n) is 3.18. The average molecular weight is 375 g/mol. The molecule has 1 fully saturated rings. The lowest BCUT2D eigenvalue weighted by molar-refractivity contribution is -0.385. The SMILES string of the molecule is Cc1ccccc1N1CCN(S(=O)(=O)c2ccc(C)c([N+](=O)[O-])c2)CC1. The van der Waals surface area contributed by atoms with Gasteiger partial charge in [-0.05, 0) is 31.5 Å². The van der Waals surface area contributed by atoms with Crippen molar-refractivity contribution >= 4 is 21.4 Å². The average Bonchev–Trinajstić information content (AvgIpc) is 2.62. The quantitative estimate of drug-likeness (QED) is 0.606. The molecular formula is C18H21N3O4S. The Kier molecular flexibility index (Phi) is 4.97. The molecule has 3 rings (SSSR count). The molecule has 7 nitrogen and oxygen atoms in total. The Hall–Kier alpha value is -2.45. The minimum Gasteiger partial charge on any atom is -0.369 e. The lowest BCUT2D eigenvalue weighted by Gasteiger charge is -2.36. The summed E-state index contributed by atoms with van der Waals surface area (Å²) < 4.78 is 27.1. The van der Waals surface area contributed by atoms with E-state index in [9.17, 15) is 18.5 Å². The lowest BCUT2D eigenvalue weighted by Crippen LogP contribution is -2.48. The van der Waals surface area contributed by atoms with Crippen LogP contribution in [0.3, 0.4) is 0 Å². The standard InChI is InChI=1S/C18H21N3O4S/c1-14-5-3-4-6-17(14)19-9-11-20(12-10-19)26(24,25)16-8-7-15(2)18(13-16)21(22)23/h3-8,13H,9-12H2,1-2H3. The topological polar surface area (TPSA) is 83.8 Å². The lowest BCUT2D eigenvalue weighted by atomic mass is 10.1. The smallest absolute Gasteiger partial charge is 0.273 e. The number of para-hydroxylation sites is 1. The van der Waals surface area contributed by atoms with Gasteiger partial charge in [-0.3, -0.25) is 10.1 Å². The zero-order valence-corrected chi connectivity index (χ0v) is 15.6. The van der Waals surface area contributed by atoms with Crippen molar-refractivity contribution in [1.29, 1.82) is 0 Å². The monoisotopic (exact) mass is 375 g/mol. The number of nitro benzene ring substituents is 1. The Bertz CT molecular complexity index is 935. The fourth-order valence-corrected chi connectivity index (χ4v) is 4.63. The Morgan fingerprint density at radius 3 is 2.23 bits per heavy atom. The van der Waals surface area contributed by atoms with Gasteiger partial charge in [-0.1, -0.05) is 24.3 Å². The van der Waals surface area contributed by atoms with Gasteiger partial charge in [0.05, 0.1) is 9.82 Å². The normalized spacial score (nSPS) is 15.8. The second-order valence-electron chi connectivity index (χ2n) is 6.38. The highest BCUT2D eigenvalue weighted by atomic mass is 32.2. The summed E-state index contributed by atoms with van der Waals surface area (Å²) in [6.45, 7) is 5.48. The molecule has 138 valence electrons. The first-order valence-corrected chi connectivity index (χ1v) is 9.80. The van der Waals surface area contributed by atoms with E-state index >= 15 is 0 Å². The molecule has 0 aromatic heterocycles. The molecule has 26 heavy (non-hydrogen) atoms. The molecule has 1 saturated heterocycles. The van der Waals surface area contributed by atoms with E-state index in [1.54, 1.807) is 6.92 Å². The largest absolute Gasteiger partial charge is 0.369 e. The summed E-state index contributed by atoms with van der Waals surface area (Å²) in [5, 5.41) is 11.1. The van der Waals surface area contributed by atoms with Crippen molar-refractivity contribution in [3.63, 3.8) is 0 Å². The predicted octanol–water partition coefficient (Wildman–Crippen LogP) is 2.72. The van der Waals surface area contributed by atoms with E-state index in [0.29, 0.717) is 31.7 Å². The van der Waals surface area contributed by atoms with Crippen molar-refractivity contribution < 1.29 is 13.3 Å². The van der Waals surface area contributed by atoms with Crippen LogP contribution in [0.25, 0.3) is 0 Å². The van der Waals surface area contributed by atoms with Crippen LogP contribution >= 0.6 is 0 Å². The molecule has 1 aliphatic heterocycles. The molecular weight excluding hydrogens is 354 g/mol. The second-order valence-corrected chi connectivity index (χ2v) is 8.32. The van der Waals surface area contributed by atoms with Crippen molar-refractivity contribution in [1.82, 2.24) is 4.31 Å². The van der Waals surface area contributed by atoms with Crippen LogP contribution in [0.5, 0.6) is 0 Å². The molecule has 0 radical (unpaired) electrons. The van der Waals surface area contributed by atoms with Crippen molar-refractivity contribution in [2.45, 2.75) is 18.7 Å². The molecule has 0 saturated carbocycles. The number of aryl methyl sites for hydroxylation is 2. The van der Waals surface area contributed by atoms with Gasteiger partial charge in [0.2, 0.25) is 10.0 Å². The first kappa shape index (κ1) is 18.3. The number of hydrogen-bond acceptors (Lipinski definition) is 5. The first-order valence-electron chi connectivity index (χ1n) is 8.36. The Balaban J connectivity index is 1.79. The minimum atomic E-state index is -3.75. The maximum Gasteiger partial charge on any atom is 0.273 e. The maximum absolute atomic E-state index is 12.9. The number of rotatable bonds is 4. The van der Waals surface area contributed by atoms with Gasteiger partial charge in [-0.25, -0.2) is 8.42 Å². The van der Waals surface area contributed by atoms with Crippen LogP contribution in [-0.2, 0) is 10.0 Å². The second kappa shape index (κ2) is 7.05. The molecule has 0 unspecified atom stereocenters. The van der Waals surface area contributed by atoms with Gasteiger partial charge in [0.15, 0.2) is 0 Å². The van der Waals surface area contributed by atoms with E-state index in [1.807, 2.05) is 31.2 Å². The van der Waals surface area contributed by atoms with E-state index in [0.717, 1.165) is 17.3 Å². The molecule has 0 bridgehead atoms. The minimum absolute atomic E-state index is 0.0286. The van der Waals surface area contributed by atoms with Crippen LogP contribution in [0, 0.1) is 24.0 Å². The number of piperazine rings is 1. The van der Waals surface area contributed by atoms with Crippen LogP contribution in [0.4, 0.5) is 11.4 Å². The van der Waals surface area contributed by atoms with Crippen molar-refractivity contribution in [3.8, 4) is 0 Å². The third-order valence-electron chi connectivity index (χ3n) is 4.71. The summed E-state index contributed by atoms with van der Waals surface area (Å²) in [5.74, 6) is 0. The highest BCUT2D eigenvalue weighted by molar-refractivity contribution is 7.89. The van der Waals surface area contributed by atoms with Gasteiger partial charge in [0, 0.05) is 43.5 Å². The molecule has 2 aromatic carbocycles. The number of anilines is 1. The summed E-state index contributed by atoms with van der Waals surface area (Å²) in [6, 6.07) is 12.1. The number of nitrogens with zero attached hydrogens (tertiary/aromatic N) is 3. The summed E-state index contributed by atoms with van der Waals surface area (Å²) in [5.41, 5.74) is 2.52. The zero-order valence-electron chi connectivity index (χ0n) is 14.8. The summed E-state index contributed by atoms with van der Waals surface area (Å²) in [6.07, 6.45) is 0. The van der Waals surface area contributed by atoms with Crippen molar-refractivity contribution in [2.24, 2.45) is 0 Å². The van der Waals surface area contributed by atoms with Gasteiger partial charge >= 0.3 is 0 Å². The summed E-state index contributed by atoms with van der Waals surface area (Å²) >= 11 is 0. The van der Waals surface area contributed by atoms with E-state index in [-0.39, 0.29) is 10.6 Å². The molecule has 0 spiro atoms. The van der Waals surface area contributed by atoms with Gasteiger partial charge in [0.1, 0.15) is 0 Å². The number of sulfonamides is 1. The van der Waals surface area contributed by atoms with E-state index in [1.165, 1.54) is 16.4 Å². The van der Waals surface area contributed by atoms with E-state index in [2.05, 4.69) is 4.90 Å². The van der Waals surface area contributed by atoms with Crippen LogP contribution in [0.2, 0.25) is 0 Å². The first-order chi connectivity index (χ1) is 12.3. The number of benzene rings is 2.